The number of nitrogens with one attached hydrogen (secondary N) is 1. The topological polar surface area (TPSA) is 38.3 Å². The summed E-state index contributed by atoms with van der Waals surface area (Å²) in [6, 6.07) is 2.16. The summed E-state index contributed by atoms with van der Waals surface area (Å²) in [6.07, 6.45) is 0.944. The first-order valence-corrected chi connectivity index (χ1v) is 6.40. The first-order valence-electron chi connectivity index (χ1n) is 6.02. The Balaban J connectivity index is 0.00000200. The van der Waals surface area contributed by atoms with Gasteiger partial charge in [-0.25, -0.2) is 8.78 Å². The number of ether oxygens (including phenoxy) is 1. The van der Waals surface area contributed by atoms with Crippen LogP contribution in [0.4, 0.5) is 8.78 Å². The van der Waals surface area contributed by atoms with Gasteiger partial charge in [-0.15, -0.1) is 12.4 Å². The van der Waals surface area contributed by atoms with Crippen molar-refractivity contribution in [3.05, 3.63) is 34.4 Å². The molecule has 1 aromatic carbocycles. The lowest BCUT2D eigenvalue weighted by molar-refractivity contribution is -0.147. The van der Waals surface area contributed by atoms with Crippen molar-refractivity contribution in [2.24, 2.45) is 0 Å². The molecular weight excluding hydrogens is 311 g/mol. The molecule has 1 aromatic rings. The van der Waals surface area contributed by atoms with Gasteiger partial charge < -0.3 is 10.1 Å². The van der Waals surface area contributed by atoms with Crippen LogP contribution in [0.2, 0.25) is 5.02 Å². The van der Waals surface area contributed by atoms with Gasteiger partial charge in [0.15, 0.2) is 0 Å². The number of halogens is 4. The van der Waals surface area contributed by atoms with E-state index in [1.807, 2.05) is 0 Å². The molecule has 0 aromatic heterocycles. The standard InChI is InChI=1S/C13H14ClF2NO2.ClH/c1-7(18)19-9-2-3-17-12(6-9)8-4-10(15)13(14)11(16)5-8;/h4-5,9,12,17H,2-3,6H2,1H3;1H. The van der Waals surface area contributed by atoms with Gasteiger partial charge in [-0.1, -0.05) is 11.6 Å². The molecule has 1 aliphatic rings. The molecule has 3 nitrogen and oxygen atoms in total. The number of carbonyl (C=O) groups excluding carboxylic acids is 1. The Bertz CT molecular complexity index is 476. The zero-order chi connectivity index (χ0) is 14.0. The van der Waals surface area contributed by atoms with Crippen molar-refractivity contribution in [2.75, 3.05) is 6.54 Å². The molecular formula is C13H15Cl2F2NO2. The zero-order valence-corrected chi connectivity index (χ0v) is 12.4. The predicted molar refractivity (Wildman–Crippen MR) is 74.1 cm³/mol. The Labute approximate surface area is 127 Å². The van der Waals surface area contributed by atoms with E-state index in [0.717, 1.165) is 0 Å². The number of carbonyl (C=O) groups is 1. The summed E-state index contributed by atoms with van der Waals surface area (Å²) in [6.45, 7) is 1.97. The Kier molecular flexibility index (Phi) is 6.17. The van der Waals surface area contributed by atoms with E-state index in [-0.39, 0.29) is 30.5 Å². The van der Waals surface area contributed by atoms with Crippen LogP contribution in [-0.4, -0.2) is 18.6 Å². The molecule has 0 spiro atoms. The van der Waals surface area contributed by atoms with E-state index in [1.54, 1.807) is 0 Å². The smallest absolute Gasteiger partial charge is 0.302 e. The molecule has 7 heteroatoms. The third-order valence-corrected chi connectivity index (χ3v) is 3.46. The average molecular weight is 326 g/mol. The summed E-state index contributed by atoms with van der Waals surface area (Å²) in [7, 11) is 0. The number of piperidine rings is 1. The third-order valence-electron chi connectivity index (χ3n) is 3.10. The summed E-state index contributed by atoms with van der Waals surface area (Å²) >= 11 is 5.45. The van der Waals surface area contributed by atoms with Gasteiger partial charge in [-0.05, 0) is 30.7 Å². The van der Waals surface area contributed by atoms with E-state index < -0.39 is 16.7 Å². The maximum atomic E-state index is 13.4. The normalized spacial score (nSPS) is 22.0. The second-order valence-electron chi connectivity index (χ2n) is 4.56. The van der Waals surface area contributed by atoms with E-state index >= 15 is 0 Å². The molecule has 1 fully saturated rings. The van der Waals surface area contributed by atoms with Crippen molar-refractivity contribution in [1.29, 1.82) is 0 Å². The maximum Gasteiger partial charge on any atom is 0.302 e. The number of hydrogen-bond acceptors (Lipinski definition) is 3. The summed E-state index contributed by atoms with van der Waals surface area (Å²) < 4.78 is 32.0. The van der Waals surface area contributed by atoms with E-state index in [4.69, 9.17) is 16.3 Å². The Morgan fingerprint density at radius 3 is 2.55 bits per heavy atom. The molecule has 0 bridgehead atoms. The molecule has 1 saturated heterocycles. The van der Waals surface area contributed by atoms with E-state index in [0.29, 0.717) is 24.9 Å². The molecule has 20 heavy (non-hydrogen) atoms. The van der Waals surface area contributed by atoms with Gasteiger partial charge in [0, 0.05) is 19.4 Å². The number of benzene rings is 1. The Morgan fingerprint density at radius 2 is 2.00 bits per heavy atom. The van der Waals surface area contributed by atoms with Crippen molar-refractivity contribution in [3.63, 3.8) is 0 Å². The largest absolute Gasteiger partial charge is 0.462 e. The molecule has 2 unspecified atom stereocenters. The summed E-state index contributed by atoms with van der Waals surface area (Å²) in [5.41, 5.74) is 0.469. The summed E-state index contributed by atoms with van der Waals surface area (Å²) in [4.78, 5) is 10.9. The van der Waals surface area contributed by atoms with Crippen LogP contribution < -0.4 is 5.32 Å². The Morgan fingerprint density at radius 1 is 1.40 bits per heavy atom. The lowest BCUT2D eigenvalue weighted by Crippen LogP contribution is -2.36. The highest BCUT2D eigenvalue weighted by Crippen LogP contribution is 2.29. The first-order chi connectivity index (χ1) is 8.97. The fourth-order valence-corrected chi connectivity index (χ4v) is 2.36. The second-order valence-corrected chi connectivity index (χ2v) is 4.94. The molecule has 1 heterocycles. The molecule has 112 valence electrons. The fourth-order valence-electron chi connectivity index (χ4n) is 2.25. The second kappa shape index (κ2) is 7.20. The zero-order valence-electron chi connectivity index (χ0n) is 10.8. The van der Waals surface area contributed by atoms with Crippen LogP contribution in [0.3, 0.4) is 0 Å². The van der Waals surface area contributed by atoms with Crippen LogP contribution in [0.5, 0.6) is 0 Å². The molecule has 0 saturated carbocycles. The monoisotopic (exact) mass is 325 g/mol. The van der Waals surface area contributed by atoms with E-state index in [1.165, 1.54) is 19.1 Å². The van der Waals surface area contributed by atoms with Crippen molar-refractivity contribution < 1.29 is 18.3 Å². The molecule has 0 radical (unpaired) electrons. The number of hydrogen-bond donors (Lipinski definition) is 1. The molecule has 1 N–H and O–H groups in total. The van der Waals surface area contributed by atoms with Crippen molar-refractivity contribution in [1.82, 2.24) is 5.32 Å². The third kappa shape index (κ3) is 4.04. The van der Waals surface area contributed by atoms with Crippen molar-refractivity contribution in [2.45, 2.75) is 31.9 Å². The lowest BCUT2D eigenvalue weighted by atomic mass is 9.95. The van der Waals surface area contributed by atoms with Gasteiger partial charge in [0.1, 0.15) is 22.8 Å². The van der Waals surface area contributed by atoms with Gasteiger partial charge in [0.25, 0.3) is 0 Å². The number of esters is 1. The molecule has 0 aliphatic carbocycles. The molecule has 0 amide bonds. The van der Waals surface area contributed by atoms with Crippen LogP contribution in [0.15, 0.2) is 12.1 Å². The van der Waals surface area contributed by atoms with Gasteiger partial charge in [-0.3, -0.25) is 4.79 Å². The minimum Gasteiger partial charge on any atom is -0.462 e. The predicted octanol–water partition coefficient (Wildman–Crippen LogP) is 3.40. The van der Waals surface area contributed by atoms with E-state index in [9.17, 15) is 13.6 Å². The SMILES string of the molecule is CC(=O)OC1CCNC(c2cc(F)c(Cl)c(F)c2)C1.Cl. The molecule has 1 aliphatic heterocycles. The van der Waals surface area contributed by atoms with E-state index in [2.05, 4.69) is 5.32 Å². The molecule has 2 atom stereocenters. The van der Waals surface area contributed by atoms with Crippen LogP contribution in [0, 0.1) is 11.6 Å². The summed E-state index contributed by atoms with van der Waals surface area (Å²) in [5.74, 6) is -1.92. The average Bonchev–Trinajstić information content (AvgIpc) is 2.35. The quantitative estimate of drug-likeness (QED) is 0.669. The van der Waals surface area contributed by atoms with Gasteiger partial charge in [0.05, 0.1) is 0 Å². The van der Waals surface area contributed by atoms with Crippen LogP contribution in [-0.2, 0) is 9.53 Å². The van der Waals surface area contributed by atoms with Crippen molar-refractivity contribution in [3.8, 4) is 0 Å². The first kappa shape index (κ1) is 17.1. The van der Waals surface area contributed by atoms with Gasteiger partial charge in [-0.2, -0.15) is 0 Å². The van der Waals surface area contributed by atoms with Gasteiger partial charge in [0.2, 0.25) is 0 Å². The minimum atomic E-state index is -0.784. The lowest BCUT2D eigenvalue weighted by Gasteiger charge is -2.30. The highest BCUT2D eigenvalue weighted by molar-refractivity contribution is 6.30. The van der Waals surface area contributed by atoms with Crippen LogP contribution in [0.1, 0.15) is 31.4 Å². The number of rotatable bonds is 2. The maximum absolute atomic E-state index is 13.4. The Hall–Kier alpha value is -0.910. The highest BCUT2D eigenvalue weighted by Gasteiger charge is 2.26. The fraction of sp³-hybridized carbons (Fsp3) is 0.462. The van der Waals surface area contributed by atoms with Gasteiger partial charge >= 0.3 is 5.97 Å². The highest BCUT2D eigenvalue weighted by atomic mass is 35.5. The minimum absolute atomic E-state index is 0. The van der Waals surface area contributed by atoms with Crippen LogP contribution >= 0.6 is 24.0 Å². The molecule has 2 rings (SSSR count). The summed E-state index contributed by atoms with van der Waals surface area (Å²) in [5, 5.41) is 2.64. The van der Waals surface area contributed by atoms with Crippen LogP contribution in [0.25, 0.3) is 0 Å². The van der Waals surface area contributed by atoms with Crippen molar-refractivity contribution >= 4 is 30.0 Å².